The van der Waals surface area contributed by atoms with Gasteiger partial charge in [0.15, 0.2) is 0 Å². The van der Waals surface area contributed by atoms with E-state index in [1.807, 2.05) is 0 Å². The summed E-state index contributed by atoms with van der Waals surface area (Å²) in [6.45, 7) is -1.26. The standard InChI is InChI=1S/C23H22F2N6O4S/c1-29-11-15(10-27-29)12-31-21(32)17-9-16(36(34,35)28-23(14-24)6-7-23)4-5-20(17)30(22(31)33)13-19-18(25)3-2-8-26-19/h2-5,8-11,28H,6-7,12-14H2,1H3. The molecule has 0 radical (unpaired) electrons. The van der Waals surface area contributed by atoms with Crippen LogP contribution < -0.4 is 16.0 Å². The van der Waals surface area contributed by atoms with E-state index in [1.54, 1.807) is 13.2 Å². The fraction of sp³-hybridized carbons (Fsp3) is 0.304. The van der Waals surface area contributed by atoms with Crippen molar-refractivity contribution < 1.29 is 17.2 Å². The Balaban J connectivity index is 1.69. The van der Waals surface area contributed by atoms with Gasteiger partial charge in [-0.15, -0.1) is 0 Å². The summed E-state index contributed by atoms with van der Waals surface area (Å²) in [6, 6.07) is 6.32. The Bertz CT molecular complexity index is 1710. The molecule has 0 unspecified atom stereocenters. The van der Waals surface area contributed by atoms with E-state index in [4.69, 9.17) is 0 Å². The van der Waals surface area contributed by atoms with E-state index < -0.39 is 39.3 Å². The van der Waals surface area contributed by atoms with Crippen LogP contribution in [0.25, 0.3) is 10.9 Å². The van der Waals surface area contributed by atoms with Gasteiger partial charge in [0.2, 0.25) is 10.0 Å². The van der Waals surface area contributed by atoms with Gasteiger partial charge in [0.1, 0.15) is 12.5 Å². The number of nitrogens with zero attached hydrogens (tertiary/aromatic N) is 5. The van der Waals surface area contributed by atoms with Gasteiger partial charge in [-0.05, 0) is 43.2 Å². The molecule has 4 aromatic rings. The van der Waals surface area contributed by atoms with Crippen LogP contribution in [0.3, 0.4) is 0 Å². The number of benzene rings is 1. The topological polar surface area (TPSA) is 121 Å². The Hall–Kier alpha value is -3.71. The molecule has 1 fully saturated rings. The molecule has 36 heavy (non-hydrogen) atoms. The summed E-state index contributed by atoms with van der Waals surface area (Å²) in [5.74, 6) is -0.632. The minimum Gasteiger partial charge on any atom is -0.287 e. The third-order valence-electron chi connectivity index (χ3n) is 6.21. The van der Waals surface area contributed by atoms with Crippen LogP contribution in [-0.4, -0.2) is 44.5 Å². The van der Waals surface area contributed by atoms with Crippen LogP contribution in [0.4, 0.5) is 8.78 Å². The molecule has 1 saturated carbocycles. The van der Waals surface area contributed by atoms with E-state index in [0.29, 0.717) is 18.4 Å². The predicted molar refractivity (Wildman–Crippen MR) is 126 cm³/mol. The van der Waals surface area contributed by atoms with Crippen molar-refractivity contribution in [3.05, 3.63) is 86.8 Å². The summed E-state index contributed by atoms with van der Waals surface area (Å²) >= 11 is 0. The van der Waals surface area contributed by atoms with Crippen molar-refractivity contribution in [1.82, 2.24) is 28.6 Å². The van der Waals surface area contributed by atoms with Crippen molar-refractivity contribution in [2.24, 2.45) is 7.05 Å². The molecule has 5 rings (SSSR count). The van der Waals surface area contributed by atoms with Gasteiger partial charge in [-0.2, -0.15) is 5.10 Å². The molecular formula is C23H22F2N6O4S. The molecule has 10 nitrogen and oxygen atoms in total. The first kappa shape index (κ1) is 24.0. The Morgan fingerprint density at radius 3 is 2.56 bits per heavy atom. The van der Waals surface area contributed by atoms with E-state index in [1.165, 1.54) is 45.9 Å². The first-order valence-electron chi connectivity index (χ1n) is 11.1. The molecule has 3 heterocycles. The lowest BCUT2D eigenvalue weighted by atomic mass is 10.2. The maximum absolute atomic E-state index is 14.4. The molecule has 1 aromatic carbocycles. The average molecular weight is 517 g/mol. The zero-order valence-corrected chi connectivity index (χ0v) is 20.0. The summed E-state index contributed by atoms with van der Waals surface area (Å²) in [5.41, 5.74) is -1.91. The monoisotopic (exact) mass is 516 g/mol. The Labute approximate surface area is 203 Å². The smallest absolute Gasteiger partial charge is 0.287 e. The largest absolute Gasteiger partial charge is 0.332 e. The SMILES string of the molecule is Cn1cc(Cn2c(=O)c3cc(S(=O)(=O)NC4(CF)CC4)ccc3n(Cc3ncccc3F)c2=O)cn1. The molecular weight excluding hydrogens is 494 g/mol. The summed E-state index contributed by atoms with van der Waals surface area (Å²) in [5, 5.41) is 3.98. The van der Waals surface area contributed by atoms with Gasteiger partial charge in [-0.3, -0.25) is 23.6 Å². The van der Waals surface area contributed by atoms with Gasteiger partial charge in [0.05, 0.1) is 46.3 Å². The van der Waals surface area contributed by atoms with E-state index in [9.17, 15) is 26.8 Å². The van der Waals surface area contributed by atoms with E-state index in [-0.39, 0.29) is 34.6 Å². The fourth-order valence-electron chi connectivity index (χ4n) is 4.04. The van der Waals surface area contributed by atoms with Gasteiger partial charge in [-0.1, -0.05) is 0 Å². The van der Waals surface area contributed by atoms with Crippen molar-refractivity contribution in [1.29, 1.82) is 0 Å². The van der Waals surface area contributed by atoms with Crippen LogP contribution in [0.15, 0.2) is 63.4 Å². The number of halogens is 2. The van der Waals surface area contributed by atoms with Crippen LogP contribution in [0.5, 0.6) is 0 Å². The van der Waals surface area contributed by atoms with Crippen molar-refractivity contribution in [2.45, 2.75) is 36.4 Å². The lowest BCUT2D eigenvalue weighted by molar-refractivity contribution is 0.393. The van der Waals surface area contributed by atoms with Gasteiger partial charge in [0.25, 0.3) is 5.56 Å². The van der Waals surface area contributed by atoms with Crippen LogP contribution in [0, 0.1) is 5.82 Å². The number of aromatic nitrogens is 5. The Kier molecular flexibility index (Phi) is 5.83. The Morgan fingerprint density at radius 1 is 1.14 bits per heavy atom. The van der Waals surface area contributed by atoms with E-state index >= 15 is 0 Å². The average Bonchev–Trinajstić information content (AvgIpc) is 3.50. The summed E-state index contributed by atoms with van der Waals surface area (Å²) in [7, 11) is -2.46. The molecule has 0 atom stereocenters. The number of pyridine rings is 1. The quantitative estimate of drug-likeness (QED) is 0.377. The number of aryl methyl sites for hydroxylation is 1. The molecule has 0 aliphatic heterocycles. The second-order valence-corrected chi connectivity index (χ2v) is 10.6. The first-order valence-corrected chi connectivity index (χ1v) is 12.6. The third-order valence-corrected chi connectivity index (χ3v) is 7.78. The minimum atomic E-state index is -4.14. The number of sulfonamides is 1. The minimum absolute atomic E-state index is 0.0236. The maximum atomic E-state index is 14.4. The second-order valence-electron chi connectivity index (χ2n) is 8.91. The van der Waals surface area contributed by atoms with Crippen molar-refractivity contribution in [3.8, 4) is 0 Å². The number of hydrogen-bond donors (Lipinski definition) is 1. The number of nitrogens with one attached hydrogen (secondary N) is 1. The summed E-state index contributed by atoms with van der Waals surface area (Å²) < 4.78 is 59.6. The maximum Gasteiger partial charge on any atom is 0.332 e. The highest BCUT2D eigenvalue weighted by molar-refractivity contribution is 7.89. The van der Waals surface area contributed by atoms with E-state index in [0.717, 1.165) is 10.6 Å². The van der Waals surface area contributed by atoms with Gasteiger partial charge < -0.3 is 0 Å². The molecule has 0 bridgehead atoms. The second kappa shape index (κ2) is 8.75. The van der Waals surface area contributed by atoms with Crippen molar-refractivity contribution in [2.75, 3.05) is 6.67 Å². The molecule has 188 valence electrons. The predicted octanol–water partition coefficient (Wildman–Crippen LogP) is 1.31. The van der Waals surface area contributed by atoms with Crippen LogP contribution in [0.1, 0.15) is 24.1 Å². The molecule has 1 aliphatic carbocycles. The lowest BCUT2D eigenvalue weighted by Gasteiger charge is -2.16. The lowest BCUT2D eigenvalue weighted by Crippen LogP contribution is -2.41. The number of alkyl halides is 1. The zero-order valence-electron chi connectivity index (χ0n) is 19.2. The molecule has 13 heteroatoms. The summed E-state index contributed by atoms with van der Waals surface area (Å²) in [4.78, 5) is 30.6. The van der Waals surface area contributed by atoms with Crippen LogP contribution in [-0.2, 0) is 30.2 Å². The molecule has 3 aromatic heterocycles. The van der Waals surface area contributed by atoms with Crippen molar-refractivity contribution >= 4 is 20.9 Å². The van der Waals surface area contributed by atoms with Gasteiger partial charge >= 0.3 is 5.69 Å². The van der Waals surface area contributed by atoms with Crippen LogP contribution >= 0.6 is 0 Å². The molecule has 1 aliphatic rings. The molecule has 0 saturated heterocycles. The van der Waals surface area contributed by atoms with Crippen molar-refractivity contribution in [3.63, 3.8) is 0 Å². The highest BCUT2D eigenvalue weighted by Gasteiger charge is 2.46. The molecule has 0 spiro atoms. The number of rotatable bonds is 8. The highest BCUT2D eigenvalue weighted by atomic mass is 32.2. The number of hydrogen-bond acceptors (Lipinski definition) is 6. The van der Waals surface area contributed by atoms with Crippen LogP contribution in [0.2, 0.25) is 0 Å². The fourth-order valence-corrected chi connectivity index (χ4v) is 5.51. The first-order chi connectivity index (χ1) is 17.1. The van der Waals surface area contributed by atoms with E-state index in [2.05, 4.69) is 14.8 Å². The molecule has 0 amide bonds. The van der Waals surface area contributed by atoms with Gasteiger partial charge in [0, 0.05) is 25.0 Å². The highest BCUT2D eigenvalue weighted by Crippen LogP contribution is 2.37. The summed E-state index contributed by atoms with van der Waals surface area (Å²) in [6.07, 6.45) is 5.27. The normalized spacial score (nSPS) is 14.9. The number of fused-ring (bicyclic) bond motifs is 1. The molecule has 1 N–H and O–H groups in total. The Morgan fingerprint density at radius 2 is 1.92 bits per heavy atom. The van der Waals surface area contributed by atoms with Gasteiger partial charge in [-0.25, -0.2) is 26.7 Å². The zero-order chi connectivity index (χ0) is 25.7. The third kappa shape index (κ3) is 4.35.